The summed E-state index contributed by atoms with van der Waals surface area (Å²) >= 11 is 0. The molecule has 0 aromatic heterocycles. The largest absolute Gasteiger partial charge is 0.496 e. The van der Waals surface area contributed by atoms with Crippen LogP contribution < -0.4 is 9.46 Å². The number of hydrogen-bond donors (Lipinski definition) is 1. The Labute approximate surface area is 144 Å². The highest BCUT2D eigenvalue weighted by Crippen LogP contribution is 2.27. The summed E-state index contributed by atoms with van der Waals surface area (Å²) in [6.45, 7) is 5.57. The third-order valence-corrected chi connectivity index (χ3v) is 6.00. The van der Waals surface area contributed by atoms with Crippen LogP contribution >= 0.6 is 0 Å². The van der Waals surface area contributed by atoms with Crippen molar-refractivity contribution in [2.24, 2.45) is 0 Å². The smallest absolute Gasteiger partial charge is 0.241 e. The second-order valence-corrected chi connectivity index (χ2v) is 7.74. The second kappa shape index (κ2) is 7.81. The maximum Gasteiger partial charge on any atom is 0.241 e. The van der Waals surface area contributed by atoms with Gasteiger partial charge in [0.25, 0.3) is 0 Å². The molecule has 0 heterocycles. The Hall–Kier alpha value is -1.85. The quantitative estimate of drug-likeness (QED) is 0.832. The fourth-order valence-corrected chi connectivity index (χ4v) is 4.28. The first-order valence-corrected chi connectivity index (χ1v) is 9.54. The Morgan fingerprint density at radius 3 is 2.33 bits per heavy atom. The fraction of sp³-hybridized carbons (Fsp3) is 0.368. The molecule has 0 unspecified atom stereocenters. The minimum absolute atomic E-state index is 0.142. The van der Waals surface area contributed by atoms with Crippen molar-refractivity contribution in [3.63, 3.8) is 0 Å². The molecule has 0 radical (unpaired) electrons. The van der Waals surface area contributed by atoms with Gasteiger partial charge in [0, 0.05) is 6.04 Å². The van der Waals surface area contributed by atoms with Gasteiger partial charge in [0.2, 0.25) is 10.0 Å². The first-order valence-electron chi connectivity index (χ1n) is 8.05. The Morgan fingerprint density at radius 2 is 1.71 bits per heavy atom. The number of rotatable bonds is 7. The topological polar surface area (TPSA) is 55.4 Å². The van der Waals surface area contributed by atoms with Crippen molar-refractivity contribution in [2.45, 2.75) is 44.6 Å². The third kappa shape index (κ3) is 4.36. The maximum atomic E-state index is 12.7. The molecule has 0 spiro atoms. The van der Waals surface area contributed by atoms with Crippen LogP contribution in [0, 0.1) is 13.8 Å². The van der Waals surface area contributed by atoms with Crippen molar-refractivity contribution in [2.75, 3.05) is 7.11 Å². The number of aryl methyl sites for hydroxylation is 1. The molecule has 24 heavy (non-hydrogen) atoms. The molecule has 1 N–H and O–H groups in total. The summed E-state index contributed by atoms with van der Waals surface area (Å²) in [5.41, 5.74) is 2.77. The normalized spacial score (nSPS) is 12.8. The summed E-state index contributed by atoms with van der Waals surface area (Å²) in [5, 5.41) is 0. The van der Waals surface area contributed by atoms with Crippen molar-refractivity contribution in [3.05, 3.63) is 59.2 Å². The van der Waals surface area contributed by atoms with Crippen LogP contribution in [0.5, 0.6) is 5.75 Å². The van der Waals surface area contributed by atoms with Gasteiger partial charge in [0.05, 0.1) is 12.0 Å². The molecule has 0 saturated heterocycles. The van der Waals surface area contributed by atoms with Gasteiger partial charge in [-0.25, -0.2) is 13.1 Å². The second-order valence-electron chi connectivity index (χ2n) is 6.06. The van der Waals surface area contributed by atoms with Crippen LogP contribution in [0.1, 0.15) is 30.0 Å². The van der Waals surface area contributed by atoms with E-state index in [-0.39, 0.29) is 6.04 Å². The van der Waals surface area contributed by atoms with Crippen LogP contribution in [-0.4, -0.2) is 21.6 Å². The molecule has 0 bridgehead atoms. The highest BCUT2D eigenvalue weighted by atomic mass is 32.2. The van der Waals surface area contributed by atoms with Gasteiger partial charge >= 0.3 is 0 Å². The minimum Gasteiger partial charge on any atom is -0.496 e. The molecule has 2 aromatic rings. The zero-order valence-corrected chi connectivity index (χ0v) is 15.5. The summed E-state index contributed by atoms with van der Waals surface area (Å²) < 4.78 is 33.4. The number of nitrogens with one attached hydrogen (secondary N) is 1. The van der Waals surface area contributed by atoms with E-state index in [9.17, 15) is 8.42 Å². The zero-order chi connectivity index (χ0) is 17.7. The van der Waals surface area contributed by atoms with Gasteiger partial charge in [0.15, 0.2) is 0 Å². The van der Waals surface area contributed by atoms with E-state index >= 15 is 0 Å². The van der Waals surface area contributed by atoms with Crippen molar-refractivity contribution < 1.29 is 13.2 Å². The van der Waals surface area contributed by atoms with Gasteiger partial charge in [-0.3, -0.25) is 0 Å². The van der Waals surface area contributed by atoms with Gasteiger partial charge in [-0.15, -0.1) is 0 Å². The fourth-order valence-electron chi connectivity index (χ4n) is 2.70. The molecule has 4 nitrogen and oxygen atoms in total. The Bertz CT molecular complexity index is 786. The van der Waals surface area contributed by atoms with E-state index in [1.165, 1.54) is 5.56 Å². The van der Waals surface area contributed by atoms with E-state index in [1.807, 2.05) is 32.0 Å². The highest BCUT2D eigenvalue weighted by Gasteiger charge is 2.21. The van der Waals surface area contributed by atoms with Gasteiger partial charge < -0.3 is 4.74 Å². The Balaban J connectivity index is 2.09. The van der Waals surface area contributed by atoms with E-state index in [0.29, 0.717) is 10.6 Å². The molecule has 2 rings (SSSR count). The molecule has 0 fully saturated rings. The van der Waals surface area contributed by atoms with E-state index in [2.05, 4.69) is 16.9 Å². The van der Waals surface area contributed by atoms with E-state index in [4.69, 9.17) is 4.74 Å². The van der Waals surface area contributed by atoms with Gasteiger partial charge in [-0.1, -0.05) is 30.3 Å². The monoisotopic (exact) mass is 347 g/mol. The van der Waals surface area contributed by atoms with Crippen molar-refractivity contribution >= 4 is 10.0 Å². The summed E-state index contributed by atoms with van der Waals surface area (Å²) in [6, 6.07) is 13.2. The lowest BCUT2D eigenvalue weighted by atomic mass is 10.1. The third-order valence-electron chi connectivity index (χ3n) is 4.26. The van der Waals surface area contributed by atoms with Crippen molar-refractivity contribution in [1.29, 1.82) is 0 Å². The first-order chi connectivity index (χ1) is 11.3. The number of ether oxygens (including phenoxy) is 1. The van der Waals surface area contributed by atoms with Crippen LogP contribution in [0.15, 0.2) is 47.4 Å². The predicted molar refractivity (Wildman–Crippen MR) is 97.0 cm³/mol. The SMILES string of the molecule is COc1ccc(S(=O)(=O)N[C@H](C)CCc2ccccc2)c(C)c1C. The molecule has 5 heteroatoms. The molecule has 130 valence electrons. The standard InChI is InChI=1S/C19H25NO3S/c1-14(10-11-17-8-6-5-7-9-17)20-24(21,22)19-13-12-18(23-4)15(2)16(19)3/h5-9,12-14,20H,10-11H2,1-4H3/t14-/m1/s1. The Kier molecular flexibility index (Phi) is 6.02. The summed E-state index contributed by atoms with van der Waals surface area (Å²) in [7, 11) is -1.96. The molecule has 0 aliphatic heterocycles. The summed E-state index contributed by atoms with van der Waals surface area (Å²) in [5.74, 6) is 0.698. The summed E-state index contributed by atoms with van der Waals surface area (Å²) in [6.07, 6.45) is 1.59. The maximum absolute atomic E-state index is 12.7. The van der Waals surface area contributed by atoms with Crippen LogP contribution in [-0.2, 0) is 16.4 Å². The molecular weight excluding hydrogens is 322 g/mol. The lowest BCUT2D eigenvalue weighted by Gasteiger charge is -2.17. The lowest BCUT2D eigenvalue weighted by Crippen LogP contribution is -2.33. The number of benzene rings is 2. The van der Waals surface area contributed by atoms with Crippen LogP contribution in [0.4, 0.5) is 0 Å². The number of methoxy groups -OCH3 is 1. The average Bonchev–Trinajstić information content (AvgIpc) is 2.55. The average molecular weight is 347 g/mol. The van der Waals surface area contributed by atoms with Gasteiger partial charge in [-0.05, 0) is 62.4 Å². The molecular formula is C19H25NO3S. The van der Waals surface area contributed by atoms with E-state index in [0.717, 1.165) is 24.0 Å². The van der Waals surface area contributed by atoms with Crippen LogP contribution in [0.2, 0.25) is 0 Å². The minimum atomic E-state index is -3.55. The molecule has 0 aliphatic carbocycles. The molecule has 2 aromatic carbocycles. The van der Waals surface area contributed by atoms with Gasteiger partial charge in [-0.2, -0.15) is 0 Å². The first kappa shape index (κ1) is 18.5. The predicted octanol–water partition coefficient (Wildman–Crippen LogP) is 3.61. The Morgan fingerprint density at radius 1 is 1.04 bits per heavy atom. The van der Waals surface area contributed by atoms with Crippen molar-refractivity contribution in [3.8, 4) is 5.75 Å². The summed E-state index contributed by atoms with van der Waals surface area (Å²) in [4.78, 5) is 0.312. The molecule has 1 atom stereocenters. The van der Waals surface area contributed by atoms with Crippen LogP contribution in [0.25, 0.3) is 0 Å². The highest BCUT2D eigenvalue weighted by molar-refractivity contribution is 7.89. The van der Waals surface area contributed by atoms with E-state index < -0.39 is 10.0 Å². The molecule has 0 saturated carbocycles. The number of sulfonamides is 1. The van der Waals surface area contributed by atoms with Crippen molar-refractivity contribution in [1.82, 2.24) is 4.72 Å². The van der Waals surface area contributed by atoms with Crippen LogP contribution in [0.3, 0.4) is 0 Å². The van der Waals surface area contributed by atoms with E-state index in [1.54, 1.807) is 26.2 Å². The molecule has 0 aliphatic rings. The lowest BCUT2D eigenvalue weighted by molar-refractivity contribution is 0.410. The molecule has 0 amide bonds. The zero-order valence-electron chi connectivity index (χ0n) is 14.7. The van der Waals surface area contributed by atoms with Gasteiger partial charge in [0.1, 0.15) is 5.75 Å². The number of hydrogen-bond acceptors (Lipinski definition) is 3.